The maximum atomic E-state index is 12.1. The zero-order valence-corrected chi connectivity index (χ0v) is 14.1. The number of hydrazone groups is 1. The lowest BCUT2D eigenvalue weighted by Crippen LogP contribution is -2.19. The summed E-state index contributed by atoms with van der Waals surface area (Å²) in [5.74, 6) is 1.07. The average molecular weight is 337 g/mol. The van der Waals surface area contributed by atoms with Gasteiger partial charge in [0, 0.05) is 17.1 Å². The number of methoxy groups -OCH3 is 2. The number of carbonyl (C=O) groups excluding carboxylic acids is 1. The second-order valence-electron chi connectivity index (χ2n) is 5.44. The average Bonchev–Trinajstić information content (AvgIpc) is 3.04. The summed E-state index contributed by atoms with van der Waals surface area (Å²) in [5.41, 5.74) is 5.29. The summed E-state index contributed by atoms with van der Waals surface area (Å²) < 4.78 is 10.4. The molecule has 0 fully saturated rings. The molecule has 1 amide bonds. The minimum absolute atomic E-state index is 0.179. The normalized spacial score (nSPS) is 11.0. The lowest BCUT2D eigenvalue weighted by molar-refractivity contribution is -0.120. The van der Waals surface area contributed by atoms with Gasteiger partial charge in [-0.3, -0.25) is 4.79 Å². The van der Waals surface area contributed by atoms with Crippen LogP contribution in [0, 0.1) is 0 Å². The molecule has 25 heavy (non-hydrogen) atoms. The minimum Gasteiger partial charge on any atom is -0.493 e. The van der Waals surface area contributed by atoms with Crippen molar-refractivity contribution in [2.75, 3.05) is 14.2 Å². The first kappa shape index (κ1) is 16.6. The summed E-state index contributed by atoms with van der Waals surface area (Å²) in [7, 11) is 3.15. The van der Waals surface area contributed by atoms with Gasteiger partial charge in [-0.2, -0.15) is 5.10 Å². The topological polar surface area (TPSA) is 75.7 Å². The standard InChI is InChI=1S/C19H19N3O3/c1-24-17-8-7-13(9-18(17)25-2)11-21-22-19(23)10-14-12-20-16-6-4-3-5-15(14)16/h3-9,11-12,20H,10H2,1-2H3,(H,22,23). The van der Waals surface area contributed by atoms with Crippen molar-refractivity contribution in [2.45, 2.75) is 6.42 Å². The number of rotatable bonds is 6. The molecule has 0 aliphatic rings. The van der Waals surface area contributed by atoms with Gasteiger partial charge >= 0.3 is 0 Å². The van der Waals surface area contributed by atoms with Crippen LogP contribution in [0.5, 0.6) is 11.5 Å². The lowest BCUT2D eigenvalue weighted by atomic mass is 10.1. The number of benzene rings is 2. The van der Waals surface area contributed by atoms with Gasteiger partial charge in [0.15, 0.2) is 11.5 Å². The van der Waals surface area contributed by atoms with E-state index in [0.717, 1.165) is 22.0 Å². The molecule has 0 unspecified atom stereocenters. The largest absolute Gasteiger partial charge is 0.493 e. The molecule has 2 aromatic carbocycles. The summed E-state index contributed by atoms with van der Waals surface area (Å²) in [6, 6.07) is 13.3. The number of amides is 1. The second-order valence-corrected chi connectivity index (χ2v) is 5.44. The Morgan fingerprint density at radius 1 is 1.16 bits per heavy atom. The first-order valence-electron chi connectivity index (χ1n) is 7.80. The van der Waals surface area contributed by atoms with Gasteiger partial charge in [0.2, 0.25) is 5.91 Å². The van der Waals surface area contributed by atoms with E-state index in [9.17, 15) is 4.79 Å². The number of carbonyl (C=O) groups is 1. The number of hydrogen-bond donors (Lipinski definition) is 2. The number of aromatic nitrogens is 1. The van der Waals surface area contributed by atoms with Crippen LogP contribution in [0.1, 0.15) is 11.1 Å². The fourth-order valence-electron chi connectivity index (χ4n) is 2.60. The molecule has 1 heterocycles. The van der Waals surface area contributed by atoms with Gasteiger partial charge in [0.05, 0.1) is 26.9 Å². The van der Waals surface area contributed by atoms with Crippen LogP contribution in [0.2, 0.25) is 0 Å². The van der Waals surface area contributed by atoms with E-state index >= 15 is 0 Å². The molecule has 0 atom stereocenters. The van der Waals surface area contributed by atoms with Crippen molar-refractivity contribution in [2.24, 2.45) is 5.10 Å². The highest BCUT2D eigenvalue weighted by atomic mass is 16.5. The van der Waals surface area contributed by atoms with Crippen molar-refractivity contribution in [1.29, 1.82) is 0 Å². The molecule has 3 aromatic rings. The summed E-state index contributed by atoms with van der Waals surface area (Å²) >= 11 is 0. The number of para-hydroxylation sites is 1. The third-order valence-electron chi connectivity index (χ3n) is 3.84. The van der Waals surface area contributed by atoms with Crippen LogP contribution in [0.3, 0.4) is 0 Å². The molecule has 1 aromatic heterocycles. The van der Waals surface area contributed by atoms with E-state index in [1.807, 2.05) is 36.5 Å². The Labute approximate surface area is 145 Å². The Bertz CT molecular complexity index is 915. The molecule has 3 rings (SSSR count). The van der Waals surface area contributed by atoms with Crippen LogP contribution in [-0.4, -0.2) is 31.3 Å². The molecule has 2 N–H and O–H groups in total. The van der Waals surface area contributed by atoms with Crippen LogP contribution in [-0.2, 0) is 11.2 Å². The number of nitrogens with one attached hydrogen (secondary N) is 2. The van der Waals surface area contributed by atoms with Crippen molar-refractivity contribution >= 4 is 23.0 Å². The van der Waals surface area contributed by atoms with Gasteiger partial charge in [-0.25, -0.2) is 5.43 Å². The Kier molecular flexibility index (Phi) is 4.99. The zero-order chi connectivity index (χ0) is 17.6. The predicted octanol–water partition coefficient (Wildman–Crippen LogP) is 2.88. The van der Waals surface area contributed by atoms with Crippen LogP contribution in [0.15, 0.2) is 53.8 Å². The third kappa shape index (κ3) is 3.80. The Hall–Kier alpha value is -3.28. The highest BCUT2D eigenvalue weighted by molar-refractivity contribution is 5.89. The molecule has 0 radical (unpaired) electrons. The third-order valence-corrected chi connectivity index (χ3v) is 3.84. The smallest absolute Gasteiger partial charge is 0.244 e. The maximum absolute atomic E-state index is 12.1. The van der Waals surface area contributed by atoms with Gasteiger partial charge in [0.25, 0.3) is 0 Å². The fourth-order valence-corrected chi connectivity index (χ4v) is 2.60. The number of H-pyrrole nitrogens is 1. The summed E-state index contributed by atoms with van der Waals surface area (Å²) in [5, 5.41) is 5.04. The number of nitrogens with zero attached hydrogens (tertiary/aromatic N) is 1. The van der Waals surface area contributed by atoms with E-state index in [1.165, 1.54) is 0 Å². The Balaban J connectivity index is 1.63. The van der Waals surface area contributed by atoms with Gasteiger partial charge in [-0.05, 0) is 35.4 Å². The van der Waals surface area contributed by atoms with E-state index in [-0.39, 0.29) is 12.3 Å². The van der Waals surface area contributed by atoms with Gasteiger partial charge in [-0.1, -0.05) is 18.2 Å². The van der Waals surface area contributed by atoms with Crippen molar-refractivity contribution in [3.8, 4) is 11.5 Å². The minimum atomic E-state index is -0.179. The van der Waals surface area contributed by atoms with Gasteiger partial charge < -0.3 is 14.5 Å². The first-order chi connectivity index (χ1) is 12.2. The predicted molar refractivity (Wildman–Crippen MR) is 97.3 cm³/mol. The molecule has 0 aliphatic carbocycles. The molecule has 0 saturated heterocycles. The number of hydrogen-bond acceptors (Lipinski definition) is 4. The molecule has 6 nitrogen and oxygen atoms in total. The Morgan fingerprint density at radius 3 is 2.76 bits per heavy atom. The highest BCUT2D eigenvalue weighted by Crippen LogP contribution is 2.26. The second kappa shape index (κ2) is 7.53. The molecule has 0 aliphatic heterocycles. The first-order valence-corrected chi connectivity index (χ1v) is 7.80. The Morgan fingerprint density at radius 2 is 1.96 bits per heavy atom. The van der Waals surface area contributed by atoms with E-state index in [4.69, 9.17) is 9.47 Å². The fraction of sp³-hybridized carbons (Fsp3) is 0.158. The molecule has 6 heteroatoms. The number of fused-ring (bicyclic) bond motifs is 1. The summed E-state index contributed by atoms with van der Waals surface area (Å²) in [6.07, 6.45) is 3.67. The molecule has 128 valence electrons. The van der Waals surface area contributed by atoms with Crippen molar-refractivity contribution < 1.29 is 14.3 Å². The monoisotopic (exact) mass is 337 g/mol. The number of ether oxygens (including phenoxy) is 2. The molecule has 0 bridgehead atoms. The van der Waals surface area contributed by atoms with Crippen molar-refractivity contribution in [3.05, 3.63) is 59.8 Å². The van der Waals surface area contributed by atoms with E-state index in [0.29, 0.717) is 11.5 Å². The van der Waals surface area contributed by atoms with Gasteiger partial charge in [0.1, 0.15) is 0 Å². The highest BCUT2D eigenvalue weighted by Gasteiger charge is 2.08. The van der Waals surface area contributed by atoms with Gasteiger partial charge in [-0.15, -0.1) is 0 Å². The molecule has 0 saturated carbocycles. The quantitative estimate of drug-likeness (QED) is 0.536. The molecular formula is C19H19N3O3. The maximum Gasteiger partial charge on any atom is 0.244 e. The summed E-state index contributed by atoms with van der Waals surface area (Å²) in [6.45, 7) is 0. The van der Waals surface area contributed by atoms with Crippen LogP contribution < -0.4 is 14.9 Å². The van der Waals surface area contributed by atoms with Crippen LogP contribution in [0.25, 0.3) is 10.9 Å². The lowest BCUT2D eigenvalue weighted by Gasteiger charge is -2.07. The number of aromatic amines is 1. The molecular weight excluding hydrogens is 318 g/mol. The SMILES string of the molecule is COc1ccc(C=NNC(=O)Cc2c[nH]c3ccccc23)cc1OC. The van der Waals surface area contributed by atoms with E-state index in [1.54, 1.807) is 32.6 Å². The van der Waals surface area contributed by atoms with Crippen LogP contribution in [0.4, 0.5) is 0 Å². The van der Waals surface area contributed by atoms with Crippen LogP contribution >= 0.6 is 0 Å². The van der Waals surface area contributed by atoms with E-state index < -0.39 is 0 Å². The summed E-state index contributed by atoms with van der Waals surface area (Å²) in [4.78, 5) is 15.2. The molecule has 0 spiro atoms. The van der Waals surface area contributed by atoms with Crippen molar-refractivity contribution in [3.63, 3.8) is 0 Å². The van der Waals surface area contributed by atoms with Crippen molar-refractivity contribution in [1.82, 2.24) is 10.4 Å². The zero-order valence-electron chi connectivity index (χ0n) is 14.1. The van der Waals surface area contributed by atoms with E-state index in [2.05, 4.69) is 15.5 Å².